The first-order valence-corrected chi connectivity index (χ1v) is 14.0. The van der Waals surface area contributed by atoms with E-state index in [0.717, 1.165) is 18.4 Å². The van der Waals surface area contributed by atoms with Crippen LogP contribution in [-0.4, -0.2) is 40.4 Å². The Morgan fingerprint density at radius 2 is 1.65 bits per heavy atom. The van der Waals surface area contributed by atoms with Gasteiger partial charge in [-0.15, -0.1) is 0 Å². The van der Waals surface area contributed by atoms with Crippen LogP contribution in [0.2, 0.25) is 5.02 Å². The summed E-state index contributed by atoms with van der Waals surface area (Å²) in [7, 11) is -7.76. The Kier molecular flexibility index (Phi) is 7.76. The van der Waals surface area contributed by atoms with Gasteiger partial charge in [-0.2, -0.15) is 4.31 Å². The summed E-state index contributed by atoms with van der Waals surface area (Å²) in [5.41, 5.74) is 0.747. The molecule has 0 spiro atoms. The van der Waals surface area contributed by atoms with E-state index in [9.17, 15) is 16.8 Å². The number of nitrogens with one attached hydrogen (secondary N) is 1. The van der Waals surface area contributed by atoms with E-state index < -0.39 is 20.0 Å². The van der Waals surface area contributed by atoms with Crippen LogP contribution in [-0.2, 0) is 37.9 Å². The van der Waals surface area contributed by atoms with Gasteiger partial charge in [0.1, 0.15) is 5.76 Å². The molecule has 3 aromatic rings. The highest BCUT2D eigenvalue weighted by atomic mass is 35.5. The molecule has 2 heterocycles. The van der Waals surface area contributed by atoms with Crippen molar-refractivity contribution in [3.63, 3.8) is 0 Å². The highest BCUT2D eigenvalue weighted by Gasteiger charge is 2.27. The number of furan rings is 1. The summed E-state index contributed by atoms with van der Waals surface area (Å²) in [4.78, 5) is -0.0363. The van der Waals surface area contributed by atoms with Gasteiger partial charge in [0.2, 0.25) is 20.0 Å². The zero-order valence-electron chi connectivity index (χ0n) is 18.3. The lowest BCUT2D eigenvalue weighted by Gasteiger charge is -2.22. The first kappa shape index (κ1) is 24.9. The lowest BCUT2D eigenvalue weighted by atomic mass is 10.2. The van der Waals surface area contributed by atoms with Crippen LogP contribution in [0.3, 0.4) is 0 Å². The minimum absolute atomic E-state index is 0.0141. The van der Waals surface area contributed by atoms with Gasteiger partial charge in [0.15, 0.2) is 0 Å². The molecule has 0 radical (unpaired) electrons. The molecular formula is C23H25ClN2O6S2. The van der Waals surface area contributed by atoms with Crippen molar-refractivity contribution in [2.75, 3.05) is 13.2 Å². The second kappa shape index (κ2) is 10.6. The molecular weight excluding hydrogens is 500 g/mol. The van der Waals surface area contributed by atoms with Gasteiger partial charge in [-0.3, -0.25) is 0 Å². The molecule has 182 valence electrons. The third kappa shape index (κ3) is 6.07. The predicted molar refractivity (Wildman–Crippen MR) is 127 cm³/mol. The summed E-state index contributed by atoms with van der Waals surface area (Å²) in [6.07, 6.45) is 3.05. The van der Waals surface area contributed by atoms with E-state index in [2.05, 4.69) is 4.72 Å². The van der Waals surface area contributed by atoms with Crippen LogP contribution >= 0.6 is 11.6 Å². The highest BCUT2D eigenvalue weighted by molar-refractivity contribution is 7.89. The Balaban J connectivity index is 1.54. The largest absolute Gasteiger partial charge is 0.468 e. The Bertz CT molecular complexity index is 1290. The molecule has 4 rings (SSSR count). The molecule has 0 unspecified atom stereocenters. The van der Waals surface area contributed by atoms with Gasteiger partial charge in [-0.25, -0.2) is 21.6 Å². The van der Waals surface area contributed by atoms with Crippen LogP contribution in [0.25, 0.3) is 0 Å². The molecule has 1 N–H and O–H groups in total. The van der Waals surface area contributed by atoms with E-state index >= 15 is 0 Å². The molecule has 2 aromatic carbocycles. The summed E-state index contributed by atoms with van der Waals surface area (Å²) in [6, 6.07) is 15.4. The van der Waals surface area contributed by atoms with E-state index in [1.165, 1.54) is 34.8 Å². The quantitative estimate of drug-likeness (QED) is 0.432. The normalized spacial score (nSPS) is 16.8. The first-order chi connectivity index (χ1) is 16.2. The molecule has 0 aliphatic carbocycles. The smallest absolute Gasteiger partial charge is 0.243 e. The Morgan fingerprint density at radius 1 is 0.941 bits per heavy atom. The standard InChI is InChI=1S/C23H25ClN2O6S2/c24-19-7-5-18(6-8-19)16-26(17-21-4-2-14-32-21)34(29,30)23-11-9-22(10-12-23)33(27,28)25-15-20-3-1-13-31-20/h2,4-12,14,20,25H,1,3,13,15-17H2/t20-/m1/s1. The molecule has 34 heavy (non-hydrogen) atoms. The number of sulfonamides is 2. The van der Waals surface area contributed by atoms with Crippen molar-refractivity contribution in [3.05, 3.63) is 83.3 Å². The molecule has 1 aliphatic heterocycles. The Labute approximate surface area is 204 Å². The zero-order chi connectivity index (χ0) is 24.2. The monoisotopic (exact) mass is 524 g/mol. The number of rotatable bonds is 10. The van der Waals surface area contributed by atoms with Crippen molar-refractivity contribution in [3.8, 4) is 0 Å². The van der Waals surface area contributed by atoms with Gasteiger partial charge in [0.25, 0.3) is 0 Å². The second-order valence-electron chi connectivity index (χ2n) is 7.94. The molecule has 8 nitrogen and oxygen atoms in total. The fraction of sp³-hybridized carbons (Fsp3) is 0.304. The summed E-state index contributed by atoms with van der Waals surface area (Å²) in [5, 5.41) is 0.550. The fourth-order valence-corrected chi connectivity index (χ4v) is 6.21. The van der Waals surface area contributed by atoms with Gasteiger partial charge in [-0.05, 0) is 66.9 Å². The van der Waals surface area contributed by atoms with Crippen molar-refractivity contribution >= 4 is 31.6 Å². The van der Waals surface area contributed by atoms with Crippen LogP contribution in [0, 0.1) is 0 Å². The lowest BCUT2D eigenvalue weighted by Crippen LogP contribution is -2.32. The third-order valence-electron chi connectivity index (χ3n) is 5.48. The molecule has 0 amide bonds. The fourth-order valence-electron chi connectivity index (χ4n) is 3.63. The van der Waals surface area contributed by atoms with Gasteiger partial charge < -0.3 is 9.15 Å². The van der Waals surface area contributed by atoms with Crippen LogP contribution in [0.15, 0.2) is 81.1 Å². The second-order valence-corrected chi connectivity index (χ2v) is 12.1. The van der Waals surface area contributed by atoms with Gasteiger partial charge >= 0.3 is 0 Å². The van der Waals surface area contributed by atoms with E-state index in [1.807, 2.05) is 0 Å². The SMILES string of the molecule is O=S(=O)(NC[C@H]1CCCO1)c1ccc(S(=O)(=O)N(Cc2ccc(Cl)cc2)Cc2ccco2)cc1. The average molecular weight is 525 g/mol. The summed E-state index contributed by atoms with van der Waals surface area (Å²) in [6.45, 7) is 0.911. The molecule has 1 atom stereocenters. The van der Waals surface area contributed by atoms with Crippen LogP contribution in [0.1, 0.15) is 24.2 Å². The van der Waals surface area contributed by atoms with Crippen LogP contribution in [0.5, 0.6) is 0 Å². The highest BCUT2D eigenvalue weighted by Crippen LogP contribution is 2.24. The maximum Gasteiger partial charge on any atom is 0.243 e. The van der Waals surface area contributed by atoms with E-state index in [-0.39, 0.29) is 35.5 Å². The molecule has 1 fully saturated rings. The first-order valence-electron chi connectivity index (χ1n) is 10.7. The van der Waals surface area contributed by atoms with Crippen molar-refractivity contribution in [1.82, 2.24) is 9.03 Å². The number of hydrogen-bond donors (Lipinski definition) is 1. The number of benzene rings is 2. The maximum atomic E-state index is 13.5. The van der Waals surface area contributed by atoms with Crippen LogP contribution < -0.4 is 4.72 Å². The van der Waals surface area contributed by atoms with Crippen molar-refractivity contribution in [1.29, 1.82) is 0 Å². The molecule has 1 saturated heterocycles. The van der Waals surface area contributed by atoms with Crippen LogP contribution in [0.4, 0.5) is 0 Å². The molecule has 0 saturated carbocycles. The van der Waals surface area contributed by atoms with E-state index in [4.69, 9.17) is 20.8 Å². The molecule has 1 aromatic heterocycles. The van der Waals surface area contributed by atoms with Gasteiger partial charge in [0.05, 0.1) is 28.7 Å². The minimum atomic E-state index is -3.97. The number of hydrogen-bond acceptors (Lipinski definition) is 6. The lowest BCUT2D eigenvalue weighted by molar-refractivity contribution is 0.114. The number of ether oxygens (including phenoxy) is 1. The Morgan fingerprint density at radius 3 is 2.26 bits per heavy atom. The summed E-state index contributed by atoms with van der Waals surface area (Å²) >= 11 is 5.95. The maximum absolute atomic E-state index is 13.5. The number of halogens is 1. The van der Waals surface area contributed by atoms with Crippen molar-refractivity contribution in [2.45, 2.75) is 41.8 Å². The predicted octanol–water partition coefficient (Wildman–Crippen LogP) is 3.78. The number of nitrogens with zero attached hydrogens (tertiary/aromatic N) is 1. The topological polar surface area (TPSA) is 106 Å². The summed E-state index contributed by atoms with van der Waals surface area (Å²) < 4.78 is 66.8. The third-order valence-corrected chi connectivity index (χ3v) is 8.98. The van der Waals surface area contributed by atoms with Gasteiger partial charge in [-0.1, -0.05) is 23.7 Å². The minimum Gasteiger partial charge on any atom is -0.468 e. The molecule has 1 aliphatic rings. The molecule has 11 heteroatoms. The molecule has 0 bridgehead atoms. The summed E-state index contributed by atoms with van der Waals surface area (Å²) in [5.74, 6) is 0.482. The van der Waals surface area contributed by atoms with E-state index in [0.29, 0.717) is 17.4 Å². The average Bonchev–Trinajstić information content (AvgIpc) is 3.53. The van der Waals surface area contributed by atoms with Crippen molar-refractivity contribution in [2.24, 2.45) is 0 Å². The Hall–Kier alpha value is -2.21. The zero-order valence-corrected chi connectivity index (χ0v) is 20.7. The van der Waals surface area contributed by atoms with Crippen molar-refractivity contribution < 1.29 is 26.0 Å². The van der Waals surface area contributed by atoms with E-state index in [1.54, 1.807) is 36.4 Å². The van der Waals surface area contributed by atoms with Gasteiger partial charge in [0, 0.05) is 24.7 Å².